The molecule has 0 amide bonds. The first-order valence-corrected chi connectivity index (χ1v) is 9.53. The van der Waals surface area contributed by atoms with Crippen molar-refractivity contribution < 1.29 is 14.3 Å². The predicted molar refractivity (Wildman–Crippen MR) is 115 cm³/mol. The second-order valence-electron chi connectivity index (χ2n) is 6.76. The van der Waals surface area contributed by atoms with E-state index in [4.69, 9.17) is 14.7 Å². The number of benzene rings is 2. The van der Waals surface area contributed by atoms with Gasteiger partial charge in [-0.2, -0.15) is 5.26 Å². The highest BCUT2D eigenvalue weighted by Gasteiger charge is 2.07. The number of allylic oxidation sites excluding steroid dienone is 1. The van der Waals surface area contributed by atoms with Crippen molar-refractivity contribution in [3.63, 3.8) is 0 Å². The minimum atomic E-state index is -0.104. The summed E-state index contributed by atoms with van der Waals surface area (Å²) in [7, 11) is 0. The van der Waals surface area contributed by atoms with Crippen molar-refractivity contribution in [2.24, 2.45) is 0 Å². The van der Waals surface area contributed by atoms with Gasteiger partial charge in [0.15, 0.2) is 12.4 Å². The lowest BCUT2D eigenvalue weighted by atomic mass is 10.0. The largest absolute Gasteiger partial charge is 0.487 e. The number of rotatable bonds is 8. The molecule has 150 valence electrons. The maximum Gasteiger partial charge on any atom is 0.185 e. The van der Waals surface area contributed by atoms with E-state index in [0.717, 1.165) is 28.1 Å². The zero-order chi connectivity index (χ0) is 21.3. The minimum Gasteiger partial charge on any atom is -0.487 e. The van der Waals surface area contributed by atoms with Crippen LogP contribution in [-0.2, 0) is 6.61 Å². The van der Waals surface area contributed by atoms with Crippen molar-refractivity contribution in [3.8, 4) is 17.6 Å². The SMILES string of the molecule is Cc1cc(/C=C/C(=O)c2ccc(OCC#N)cc2)cc(C)c1OCc1ccccn1. The molecule has 0 aliphatic carbocycles. The third kappa shape index (κ3) is 5.55. The summed E-state index contributed by atoms with van der Waals surface area (Å²) in [4.78, 5) is 16.7. The van der Waals surface area contributed by atoms with Crippen molar-refractivity contribution in [2.75, 3.05) is 6.61 Å². The molecular weight excluding hydrogens is 376 g/mol. The lowest BCUT2D eigenvalue weighted by Gasteiger charge is -2.13. The highest BCUT2D eigenvalue weighted by molar-refractivity contribution is 6.06. The van der Waals surface area contributed by atoms with Crippen LogP contribution in [-0.4, -0.2) is 17.4 Å². The Balaban J connectivity index is 1.66. The molecule has 0 spiro atoms. The summed E-state index contributed by atoms with van der Waals surface area (Å²) in [6.07, 6.45) is 5.09. The molecule has 3 rings (SSSR count). The highest BCUT2D eigenvalue weighted by atomic mass is 16.5. The first-order valence-electron chi connectivity index (χ1n) is 9.53. The van der Waals surface area contributed by atoms with Gasteiger partial charge in [-0.25, -0.2) is 0 Å². The zero-order valence-electron chi connectivity index (χ0n) is 17.0. The van der Waals surface area contributed by atoms with Gasteiger partial charge < -0.3 is 9.47 Å². The zero-order valence-corrected chi connectivity index (χ0v) is 17.0. The molecule has 5 heteroatoms. The van der Waals surface area contributed by atoms with Gasteiger partial charge in [-0.15, -0.1) is 0 Å². The molecule has 3 aromatic rings. The van der Waals surface area contributed by atoms with Crippen LogP contribution in [0.25, 0.3) is 6.08 Å². The number of carbonyl (C=O) groups excluding carboxylic acids is 1. The average molecular weight is 398 g/mol. The van der Waals surface area contributed by atoms with E-state index in [-0.39, 0.29) is 12.4 Å². The van der Waals surface area contributed by atoms with Crippen LogP contribution < -0.4 is 9.47 Å². The lowest BCUT2D eigenvalue weighted by Crippen LogP contribution is -2.01. The first kappa shape index (κ1) is 20.8. The maximum atomic E-state index is 12.4. The molecule has 0 unspecified atom stereocenters. The molecule has 0 bridgehead atoms. The smallest absolute Gasteiger partial charge is 0.185 e. The molecule has 1 heterocycles. The fourth-order valence-electron chi connectivity index (χ4n) is 3.04. The van der Waals surface area contributed by atoms with Gasteiger partial charge in [0.2, 0.25) is 0 Å². The van der Waals surface area contributed by atoms with Crippen LogP contribution in [0.4, 0.5) is 0 Å². The fraction of sp³-hybridized carbons (Fsp3) is 0.160. The van der Waals surface area contributed by atoms with Gasteiger partial charge >= 0.3 is 0 Å². The number of carbonyl (C=O) groups is 1. The van der Waals surface area contributed by atoms with Crippen LogP contribution in [0, 0.1) is 25.2 Å². The maximum absolute atomic E-state index is 12.4. The minimum absolute atomic E-state index is 0.0204. The van der Waals surface area contributed by atoms with Crippen molar-refractivity contribution in [1.82, 2.24) is 4.98 Å². The molecule has 0 fully saturated rings. The van der Waals surface area contributed by atoms with Crippen LogP contribution in [0.5, 0.6) is 11.5 Å². The summed E-state index contributed by atoms with van der Waals surface area (Å²) in [6, 6.07) is 18.4. The van der Waals surface area contributed by atoms with Crippen LogP contribution in [0.1, 0.15) is 32.7 Å². The Kier molecular flexibility index (Phi) is 6.96. The molecule has 1 aromatic heterocycles. The van der Waals surface area contributed by atoms with Crippen molar-refractivity contribution >= 4 is 11.9 Å². The van der Waals surface area contributed by atoms with Crippen molar-refractivity contribution in [3.05, 3.63) is 94.8 Å². The van der Waals surface area contributed by atoms with Crippen LogP contribution in [0.2, 0.25) is 0 Å². The van der Waals surface area contributed by atoms with Gasteiger partial charge in [-0.1, -0.05) is 12.1 Å². The predicted octanol–water partition coefficient (Wildman–Crippen LogP) is 5.08. The number of aromatic nitrogens is 1. The number of ether oxygens (including phenoxy) is 2. The third-order valence-corrected chi connectivity index (χ3v) is 4.44. The van der Waals surface area contributed by atoms with E-state index in [2.05, 4.69) is 4.98 Å². The summed E-state index contributed by atoms with van der Waals surface area (Å²) < 4.78 is 11.2. The van der Waals surface area contributed by atoms with Crippen molar-refractivity contribution in [2.45, 2.75) is 20.5 Å². The van der Waals surface area contributed by atoms with Crippen LogP contribution >= 0.6 is 0 Å². The topological polar surface area (TPSA) is 72.2 Å². The van der Waals surface area contributed by atoms with E-state index in [0.29, 0.717) is 17.9 Å². The van der Waals surface area contributed by atoms with Gasteiger partial charge in [0, 0.05) is 11.8 Å². The van der Waals surface area contributed by atoms with E-state index in [9.17, 15) is 4.79 Å². The quantitative estimate of drug-likeness (QED) is 0.391. The third-order valence-electron chi connectivity index (χ3n) is 4.44. The monoisotopic (exact) mass is 398 g/mol. The van der Waals surface area contributed by atoms with Gasteiger partial charge in [-0.05, 0) is 85.1 Å². The Morgan fingerprint density at radius 2 is 1.80 bits per heavy atom. The number of hydrogen-bond acceptors (Lipinski definition) is 5. The van der Waals surface area contributed by atoms with E-state index in [1.807, 2.05) is 50.2 Å². The van der Waals surface area contributed by atoms with E-state index in [1.54, 1.807) is 42.6 Å². The molecule has 30 heavy (non-hydrogen) atoms. The second kappa shape index (κ2) is 10.0. The van der Waals surface area contributed by atoms with E-state index < -0.39 is 0 Å². The number of hydrogen-bond donors (Lipinski definition) is 0. The highest BCUT2D eigenvalue weighted by Crippen LogP contribution is 2.26. The van der Waals surface area contributed by atoms with E-state index >= 15 is 0 Å². The van der Waals surface area contributed by atoms with Gasteiger partial charge in [0.25, 0.3) is 0 Å². The van der Waals surface area contributed by atoms with Crippen LogP contribution in [0.3, 0.4) is 0 Å². The molecular formula is C25H22N2O3. The number of ketones is 1. The summed E-state index contributed by atoms with van der Waals surface area (Å²) in [5.41, 5.74) is 4.35. The van der Waals surface area contributed by atoms with Crippen molar-refractivity contribution in [1.29, 1.82) is 5.26 Å². The number of nitriles is 1. The van der Waals surface area contributed by atoms with Crippen LogP contribution in [0.15, 0.2) is 66.9 Å². The first-order chi connectivity index (χ1) is 14.6. The molecule has 5 nitrogen and oxygen atoms in total. The Morgan fingerprint density at radius 1 is 1.07 bits per heavy atom. The van der Waals surface area contributed by atoms with Gasteiger partial charge in [0.1, 0.15) is 24.2 Å². The summed E-state index contributed by atoms with van der Waals surface area (Å²) >= 11 is 0. The molecule has 0 aliphatic heterocycles. The Hall–Kier alpha value is -3.91. The summed E-state index contributed by atoms with van der Waals surface area (Å²) in [5.74, 6) is 1.29. The standard InChI is InChI=1S/C25H22N2O3/c1-18-15-20(16-19(2)25(18)30-17-22-5-3-4-13-27-22)6-11-24(28)21-7-9-23(10-8-21)29-14-12-26/h3-11,13,15-16H,14,17H2,1-2H3/b11-6+. The Morgan fingerprint density at radius 3 is 2.43 bits per heavy atom. The van der Waals surface area contributed by atoms with Gasteiger partial charge in [-0.3, -0.25) is 9.78 Å². The molecule has 0 aliphatic rings. The molecule has 2 aromatic carbocycles. The molecule has 0 radical (unpaired) electrons. The molecule has 0 N–H and O–H groups in total. The molecule has 0 atom stereocenters. The van der Waals surface area contributed by atoms with Gasteiger partial charge in [0.05, 0.1) is 5.69 Å². The number of aryl methyl sites for hydroxylation is 2. The average Bonchev–Trinajstić information content (AvgIpc) is 2.76. The number of pyridine rings is 1. The number of nitrogens with zero attached hydrogens (tertiary/aromatic N) is 2. The summed E-state index contributed by atoms with van der Waals surface area (Å²) in [5, 5.41) is 8.54. The Bertz CT molecular complexity index is 1060. The summed E-state index contributed by atoms with van der Waals surface area (Å²) in [6.45, 7) is 4.36. The van der Waals surface area contributed by atoms with E-state index in [1.165, 1.54) is 0 Å². The normalized spacial score (nSPS) is 10.6. The fourth-order valence-corrected chi connectivity index (χ4v) is 3.04. The lowest BCUT2D eigenvalue weighted by molar-refractivity contribution is 0.104. The Labute approximate surface area is 176 Å². The molecule has 0 saturated carbocycles. The molecule has 0 saturated heterocycles. The second-order valence-corrected chi connectivity index (χ2v) is 6.76.